The molecule has 1 aromatic rings. The number of thiocarbonyl (C=S) groups is 1. The van der Waals surface area contributed by atoms with Crippen molar-refractivity contribution in [3.8, 4) is 0 Å². The van der Waals surface area contributed by atoms with E-state index >= 15 is 0 Å². The molecule has 0 atom stereocenters. The molecule has 0 aliphatic rings. The Morgan fingerprint density at radius 1 is 1.16 bits per heavy atom. The lowest BCUT2D eigenvalue weighted by atomic mass is 10.3. The fourth-order valence-electron chi connectivity index (χ4n) is 1.45. The Bertz CT molecular complexity index is 426. The minimum atomic E-state index is 0.869. The quantitative estimate of drug-likeness (QED) is 0.482. The molecule has 19 heavy (non-hydrogen) atoms. The van der Waals surface area contributed by atoms with Gasteiger partial charge in [0, 0.05) is 27.2 Å². The molecular formula is C14H21N3S2. The van der Waals surface area contributed by atoms with Crippen LogP contribution < -0.4 is 0 Å². The molecule has 5 heteroatoms. The minimum Gasteiger partial charge on any atom is -0.358 e. The normalized spacial score (nSPS) is 11.3. The molecule has 0 heterocycles. The third-order valence-electron chi connectivity index (χ3n) is 2.56. The summed E-state index contributed by atoms with van der Waals surface area (Å²) in [6, 6.07) is 9.94. The Balaban J connectivity index is 2.85. The highest BCUT2D eigenvalue weighted by molar-refractivity contribution is 8.32. The van der Waals surface area contributed by atoms with Crippen LogP contribution in [0.4, 0.5) is 5.69 Å². The summed E-state index contributed by atoms with van der Waals surface area (Å²) >= 11 is 7.01. The van der Waals surface area contributed by atoms with Crippen molar-refractivity contribution in [2.75, 3.05) is 27.2 Å². The summed E-state index contributed by atoms with van der Waals surface area (Å²) in [6.45, 7) is 6.07. The predicted molar refractivity (Wildman–Crippen MR) is 90.3 cm³/mol. The summed E-state index contributed by atoms with van der Waals surface area (Å²) in [4.78, 5) is 8.79. The smallest absolute Gasteiger partial charge is 0.170 e. The van der Waals surface area contributed by atoms with Gasteiger partial charge in [0.2, 0.25) is 0 Å². The topological polar surface area (TPSA) is 18.8 Å². The molecule has 1 rings (SSSR count). The van der Waals surface area contributed by atoms with Crippen LogP contribution in [-0.2, 0) is 0 Å². The number of hydrogen-bond acceptors (Lipinski definition) is 3. The number of thioether (sulfide) groups is 1. The number of rotatable bonds is 3. The average molecular weight is 295 g/mol. The molecule has 0 N–H and O–H groups in total. The fourth-order valence-corrected chi connectivity index (χ4v) is 2.81. The molecule has 0 amide bonds. The predicted octanol–water partition coefficient (Wildman–Crippen LogP) is 3.60. The molecule has 0 fully saturated rings. The van der Waals surface area contributed by atoms with Crippen LogP contribution in [0.2, 0.25) is 0 Å². The van der Waals surface area contributed by atoms with Gasteiger partial charge in [-0.05, 0) is 37.7 Å². The monoisotopic (exact) mass is 295 g/mol. The Morgan fingerprint density at radius 2 is 1.74 bits per heavy atom. The van der Waals surface area contributed by atoms with Gasteiger partial charge in [-0.3, -0.25) is 0 Å². The van der Waals surface area contributed by atoms with E-state index in [1.807, 2.05) is 49.3 Å². The van der Waals surface area contributed by atoms with Crippen molar-refractivity contribution in [1.82, 2.24) is 9.80 Å². The molecule has 0 spiro atoms. The fraction of sp³-hybridized carbons (Fsp3) is 0.429. The molecule has 3 nitrogen and oxygen atoms in total. The first kappa shape index (κ1) is 16.0. The van der Waals surface area contributed by atoms with Crippen molar-refractivity contribution in [2.24, 2.45) is 4.99 Å². The number of amidine groups is 1. The van der Waals surface area contributed by atoms with Gasteiger partial charge in [-0.15, -0.1) is 0 Å². The van der Waals surface area contributed by atoms with Gasteiger partial charge in [0.25, 0.3) is 0 Å². The van der Waals surface area contributed by atoms with Gasteiger partial charge in [-0.1, -0.05) is 30.4 Å². The zero-order valence-electron chi connectivity index (χ0n) is 12.0. The molecule has 1 aromatic carbocycles. The average Bonchev–Trinajstić information content (AvgIpc) is 2.40. The van der Waals surface area contributed by atoms with Gasteiger partial charge < -0.3 is 9.80 Å². The van der Waals surface area contributed by atoms with Crippen LogP contribution >= 0.6 is 24.0 Å². The summed E-state index contributed by atoms with van der Waals surface area (Å²) in [5, 5.41) is 0.906. The van der Waals surface area contributed by atoms with E-state index in [9.17, 15) is 0 Å². The number of nitrogens with zero attached hydrogens (tertiary/aromatic N) is 3. The number of hydrogen-bond donors (Lipinski definition) is 0. The van der Waals surface area contributed by atoms with Crippen molar-refractivity contribution in [1.29, 1.82) is 0 Å². The first-order chi connectivity index (χ1) is 9.08. The maximum absolute atomic E-state index is 5.47. The van der Waals surface area contributed by atoms with Gasteiger partial charge in [0.15, 0.2) is 5.17 Å². The highest BCUT2D eigenvalue weighted by Crippen LogP contribution is 2.18. The van der Waals surface area contributed by atoms with Gasteiger partial charge in [-0.25, -0.2) is 4.99 Å². The molecule has 0 bridgehead atoms. The van der Waals surface area contributed by atoms with E-state index in [0.29, 0.717) is 0 Å². The van der Waals surface area contributed by atoms with Crippen LogP contribution in [0.15, 0.2) is 35.3 Å². The Labute approximate surface area is 125 Å². The van der Waals surface area contributed by atoms with E-state index in [0.717, 1.165) is 28.3 Å². The highest BCUT2D eigenvalue weighted by Gasteiger charge is 2.12. The van der Waals surface area contributed by atoms with Crippen molar-refractivity contribution in [3.05, 3.63) is 30.3 Å². The van der Waals surface area contributed by atoms with E-state index in [-0.39, 0.29) is 0 Å². The molecule has 0 aliphatic carbocycles. The lowest BCUT2D eigenvalue weighted by Gasteiger charge is -2.23. The molecular weight excluding hydrogens is 274 g/mol. The lowest BCUT2D eigenvalue weighted by Crippen LogP contribution is -2.30. The maximum Gasteiger partial charge on any atom is 0.170 e. The molecule has 0 unspecified atom stereocenters. The van der Waals surface area contributed by atoms with Crippen LogP contribution in [0.25, 0.3) is 0 Å². The van der Waals surface area contributed by atoms with Crippen molar-refractivity contribution >= 4 is 39.2 Å². The largest absolute Gasteiger partial charge is 0.358 e. The molecule has 0 radical (unpaired) electrons. The molecule has 104 valence electrons. The Morgan fingerprint density at radius 3 is 2.21 bits per heavy atom. The third-order valence-corrected chi connectivity index (χ3v) is 4.14. The summed E-state index contributed by atoms with van der Waals surface area (Å²) in [6.07, 6.45) is 0. The van der Waals surface area contributed by atoms with Gasteiger partial charge in [-0.2, -0.15) is 0 Å². The number of benzene rings is 1. The zero-order chi connectivity index (χ0) is 14.3. The van der Waals surface area contributed by atoms with E-state index in [1.54, 1.807) is 0 Å². The van der Waals surface area contributed by atoms with Gasteiger partial charge >= 0.3 is 0 Å². The van der Waals surface area contributed by atoms with Gasteiger partial charge in [0.05, 0.1) is 5.69 Å². The molecule has 0 aliphatic heterocycles. The van der Waals surface area contributed by atoms with Crippen LogP contribution in [0, 0.1) is 0 Å². The van der Waals surface area contributed by atoms with Crippen molar-refractivity contribution < 1.29 is 0 Å². The summed E-state index contributed by atoms with van der Waals surface area (Å²) in [5.74, 6) is 0. The van der Waals surface area contributed by atoms with Crippen LogP contribution in [-0.4, -0.2) is 46.5 Å². The third kappa shape index (κ3) is 5.20. The van der Waals surface area contributed by atoms with Crippen LogP contribution in [0.3, 0.4) is 0 Å². The molecule has 0 saturated heterocycles. The number of aliphatic imine (C=N–C) groups is 1. The van der Waals surface area contributed by atoms with Crippen molar-refractivity contribution in [3.63, 3.8) is 0 Å². The van der Waals surface area contributed by atoms with E-state index in [4.69, 9.17) is 12.2 Å². The Hall–Kier alpha value is -1.07. The second-order valence-electron chi connectivity index (χ2n) is 4.16. The van der Waals surface area contributed by atoms with E-state index < -0.39 is 0 Å². The van der Waals surface area contributed by atoms with Crippen molar-refractivity contribution in [2.45, 2.75) is 13.8 Å². The SMILES string of the molecule is CCN(CC)C(=S)SC(=Nc1ccccc1)N(C)C. The first-order valence-electron chi connectivity index (χ1n) is 6.36. The summed E-state index contributed by atoms with van der Waals surface area (Å²) < 4.78 is 0.869. The molecule has 0 aromatic heterocycles. The van der Waals surface area contributed by atoms with Crippen LogP contribution in [0.1, 0.15) is 13.8 Å². The zero-order valence-corrected chi connectivity index (χ0v) is 13.6. The van der Waals surface area contributed by atoms with Gasteiger partial charge in [0.1, 0.15) is 4.32 Å². The first-order valence-corrected chi connectivity index (χ1v) is 7.58. The maximum atomic E-state index is 5.47. The summed E-state index contributed by atoms with van der Waals surface area (Å²) in [7, 11) is 3.97. The second-order valence-corrected chi connectivity index (χ2v) is 5.77. The second kappa shape index (κ2) is 8.17. The minimum absolute atomic E-state index is 0.869. The van der Waals surface area contributed by atoms with Crippen LogP contribution in [0.5, 0.6) is 0 Å². The Kier molecular flexibility index (Phi) is 6.87. The lowest BCUT2D eigenvalue weighted by molar-refractivity contribution is 0.482. The van der Waals surface area contributed by atoms with E-state index in [1.165, 1.54) is 11.8 Å². The number of para-hydroxylation sites is 1. The molecule has 0 saturated carbocycles. The summed E-state index contributed by atoms with van der Waals surface area (Å²) in [5.41, 5.74) is 0.945. The standard InChI is InChI=1S/C14H21N3S2/c1-5-17(6-2)14(18)19-13(16(3)4)15-12-10-8-7-9-11-12/h7-11H,5-6H2,1-4H3. The highest BCUT2D eigenvalue weighted by atomic mass is 32.2. The van der Waals surface area contributed by atoms with E-state index in [2.05, 4.69) is 23.7 Å².